The van der Waals surface area contributed by atoms with Crippen molar-refractivity contribution in [2.24, 2.45) is 18.0 Å². The summed E-state index contributed by atoms with van der Waals surface area (Å²) >= 11 is 1.35. The van der Waals surface area contributed by atoms with Crippen LogP contribution in [0.1, 0.15) is 12.8 Å². The zero-order valence-electron chi connectivity index (χ0n) is 13.9. The minimum Gasteiger partial charge on any atom is -0.327 e. The van der Waals surface area contributed by atoms with E-state index in [0.717, 1.165) is 12.1 Å². The minimum atomic E-state index is -3.92. The zero-order chi connectivity index (χ0) is 18.9. The van der Waals surface area contributed by atoms with Crippen LogP contribution in [0.15, 0.2) is 39.7 Å². The minimum absolute atomic E-state index is 0.129. The highest BCUT2D eigenvalue weighted by Gasteiger charge is 2.32. The van der Waals surface area contributed by atoms with E-state index in [1.807, 2.05) is 5.38 Å². The van der Waals surface area contributed by atoms with E-state index in [0.29, 0.717) is 23.7 Å². The number of hydrogen-bond acceptors (Lipinski definition) is 4. The molecule has 0 atom stereocenters. The molecule has 0 spiro atoms. The van der Waals surface area contributed by atoms with E-state index in [2.05, 4.69) is 4.99 Å². The van der Waals surface area contributed by atoms with Crippen LogP contribution in [0.3, 0.4) is 0 Å². The van der Waals surface area contributed by atoms with Crippen molar-refractivity contribution in [3.63, 3.8) is 0 Å². The van der Waals surface area contributed by atoms with Gasteiger partial charge in [0.1, 0.15) is 0 Å². The van der Waals surface area contributed by atoms with Crippen molar-refractivity contribution in [1.29, 1.82) is 0 Å². The SMILES string of the molecule is Cn1ccsc1=NC(=O)C1CCN(S(=O)(=O)c2ccc(F)c(F)c2)CC1. The number of rotatable bonds is 3. The van der Waals surface area contributed by atoms with Gasteiger partial charge in [0.2, 0.25) is 10.0 Å². The number of sulfonamides is 1. The number of benzene rings is 1. The van der Waals surface area contributed by atoms with Gasteiger partial charge in [0.15, 0.2) is 16.4 Å². The summed E-state index contributed by atoms with van der Waals surface area (Å²) in [6.45, 7) is 0.258. The van der Waals surface area contributed by atoms with Crippen LogP contribution in [0.5, 0.6) is 0 Å². The third kappa shape index (κ3) is 3.76. The number of hydrogen-bond donors (Lipinski definition) is 0. The summed E-state index contributed by atoms with van der Waals surface area (Å²) in [5, 5.41) is 1.82. The third-order valence-electron chi connectivity index (χ3n) is 4.30. The van der Waals surface area contributed by atoms with Crippen LogP contribution < -0.4 is 4.80 Å². The molecular formula is C16H17F2N3O3S2. The average molecular weight is 401 g/mol. The zero-order valence-corrected chi connectivity index (χ0v) is 15.6. The van der Waals surface area contributed by atoms with Crippen molar-refractivity contribution in [1.82, 2.24) is 8.87 Å². The monoisotopic (exact) mass is 401 g/mol. The maximum Gasteiger partial charge on any atom is 0.251 e. The second kappa shape index (κ2) is 7.37. The van der Waals surface area contributed by atoms with E-state index < -0.39 is 21.7 Å². The molecule has 10 heteroatoms. The molecule has 1 aromatic carbocycles. The van der Waals surface area contributed by atoms with E-state index in [4.69, 9.17) is 0 Å². The second-order valence-corrected chi connectivity index (χ2v) is 8.81. The molecule has 0 bridgehead atoms. The normalized spacial score (nSPS) is 17.6. The van der Waals surface area contributed by atoms with Crippen molar-refractivity contribution >= 4 is 27.3 Å². The fourth-order valence-electron chi connectivity index (χ4n) is 2.75. The lowest BCUT2D eigenvalue weighted by Gasteiger charge is -2.29. The molecule has 2 heterocycles. The maximum absolute atomic E-state index is 13.3. The van der Waals surface area contributed by atoms with Crippen LogP contribution in [0.2, 0.25) is 0 Å². The fourth-order valence-corrected chi connectivity index (χ4v) is 4.97. The highest BCUT2D eigenvalue weighted by atomic mass is 32.2. The van der Waals surface area contributed by atoms with Crippen molar-refractivity contribution in [3.8, 4) is 0 Å². The predicted octanol–water partition coefficient (Wildman–Crippen LogP) is 1.89. The van der Waals surface area contributed by atoms with Crippen LogP contribution in [0.25, 0.3) is 0 Å². The highest BCUT2D eigenvalue weighted by Crippen LogP contribution is 2.25. The molecule has 26 heavy (non-hydrogen) atoms. The highest BCUT2D eigenvalue weighted by molar-refractivity contribution is 7.89. The summed E-state index contributed by atoms with van der Waals surface area (Å²) in [4.78, 5) is 16.7. The molecule has 1 aromatic heterocycles. The first-order chi connectivity index (χ1) is 12.3. The third-order valence-corrected chi connectivity index (χ3v) is 7.04. The molecule has 6 nitrogen and oxygen atoms in total. The van der Waals surface area contributed by atoms with Gasteiger partial charge >= 0.3 is 0 Å². The first-order valence-corrected chi connectivity index (χ1v) is 10.2. The van der Waals surface area contributed by atoms with Crippen LogP contribution in [0.4, 0.5) is 8.78 Å². The molecule has 1 aliphatic rings. The van der Waals surface area contributed by atoms with Crippen LogP contribution in [-0.4, -0.2) is 36.3 Å². The van der Waals surface area contributed by atoms with Crippen LogP contribution in [-0.2, 0) is 21.9 Å². The van der Waals surface area contributed by atoms with Crippen molar-refractivity contribution in [3.05, 3.63) is 46.2 Å². The summed E-state index contributed by atoms with van der Waals surface area (Å²) in [5.74, 6) is -2.93. The quantitative estimate of drug-likeness (QED) is 0.789. The number of aryl methyl sites for hydroxylation is 1. The summed E-state index contributed by atoms with van der Waals surface area (Å²) in [6, 6.07) is 2.50. The van der Waals surface area contributed by atoms with E-state index >= 15 is 0 Å². The largest absolute Gasteiger partial charge is 0.327 e. The van der Waals surface area contributed by atoms with Gasteiger partial charge in [-0.05, 0) is 31.0 Å². The van der Waals surface area contributed by atoms with Crippen molar-refractivity contribution < 1.29 is 22.0 Å². The Hall–Kier alpha value is -1.91. The Morgan fingerprint density at radius 2 is 1.92 bits per heavy atom. The Kier molecular flexibility index (Phi) is 5.35. The number of aromatic nitrogens is 1. The maximum atomic E-state index is 13.3. The Morgan fingerprint density at radius 3 is 2.50 bits per heavy atom. The Morgan fingerprint density at radius 1 is 1.23 bits per heavy atom. The van der Waals surface area contributed by atoms with Gasteiger partial charge in [0.05, 0.1) is 4.90 Å². The number of carbonyl (C=O) groups is 1. The molecule has 3 rings (SSSR count). The van der Waals surface area contributed by atoms with Crippen molar-refractivity contribution in [2.45, 2.75) is 17.7 Å². The topological polar surface area (TPSA) is 71.7 Å². The fraction of sp³-hybridized carbons (Fsp3) is 0.375. The van der Waals surface area contributed by atoms with Gasteiger partial charge in [-0.2, -0.15) is 9.30 Å². The van der Waals surface area contributed by atoms with E-state index in [1.165, 1.54) is 15.6 Å². The van der Waals surface area contributed by atoms with E-state index in [-0.39, 0.29) is 29.8 Å². The average Bonchev–Trinajstić information content (AvgIpc) is 3.02. The number of amides is 1. The molecule has 140 valence electrons. The predicted molar refractivity (Wildman–Crippen MR) is 91.7 cm³/mol. The first-order valence-electron chi connectivity index (χ1n) is 7.93. The smallest absolute Gasteiger partial charge is 0.251 e. The van der Waals surface area contributed by atoms with Gasteiger partial charge in [-0.1, -0.05) is 0 Å². The Labute approximate surface area is 153 Å². The van der Waals surface area contributed by atoms with Gasteiger partial charge in [0.25, 0.3) is 5.91 Å². The summed E-state index contributed by atoms with van der Waals surface area (Å²) < 4.78 is 54.4. The molecule has 0 aliphatic carbocycles. The van der Waals surface area contributed by atoms with Gasteiger partial charge in [-0.25, -0.2) is 17.2 Å². The second-order valence-electron chi connectivity index (χ2n) is 6.00. The molecule has 2 aromatic rings. The number of thiazole rings is 1. The molecule has 0 N–H and O–H groups in total. The molecule has 0 radical (unpaired) electrons. The molecule has 1 amide bonds. The standard InChI is InChI=1S/C16H17F2N3O3S2/c1-20-8-9-25-16(20)19-15(22)11-4-6-21(7-5-11)26(23,24)12-2-3-13(17)14(18)10-12/h2-3,8-11H,4-7H2,1H3. The lowest BCUT2D eigenvalue weighted by Crippen LogP contribution is -2.40. The molecule has 1 fully saturated rings. The molecular weight excluding hydrogens is 384 g/mol. The summed E-state index contributed by atoms with van der Waals surface area (Å²) in [6.07, 6.45) is 2.47. The molecule has 1 saturated heterocycles. The molecule has 0 unspecified atom stereocenters. The number of piperidine rings is 1. The number of halogens is 2. The van der Waals surface area contributed by atoms with E-state index in [1.54, 1.807) is 17.8 Å². The van der Waals surface area contributed by atoms with Gasteiger partial charge in [0, 0.05) is 37.6 Å². The van der Waals surface area contributed by atoms with E-state index in [9.17, 15) is 22.0 Å². The lowest BCUT2D eigenvalue weighted by atomic mass is 9.98. The van der Waals surface area contributed by atoms with Gasteiger partial charge in [-0.3, -0.25) is 4.79 Å². The number of nitrogens with zero attached hydrogens (tertiary/aromatic N) is 3. The number of carbonyl (C=O) groups excluding carboxylic acids is 1. The molecule has 1 aliphatic heterocycles. The van der Waals surface area contributed by atoms with Crippen LogP contribution in [0, 0.1) is 17.6 Å². The molecule has 0 saturated carbocycles. The van der Waals surface area contributed by atoms with Crippen LogP contribution >= 0.6 is 11.3 Å². The summed E-state index contributed by atoms with van der Waals surface area (Å²) in [7, 11) is -2.13. The van der Waals surface area contributed by atoms with Gasteiger partial charge < -0.3 is 4.57 Å². The summed E-state index contributed by atoms with van der Waals surface area (Å²) in [5.41, 5.74) is 0. The first kappa shape index (κ1) is 18.9. The Bertz CT molecular complexity index is 990. The van der Waals surface area contributed by atoms with Gasteiger partial charge in [-0.15, -0.1) is 11.3 Å². The lowest BCUT2D eigenvalue weighted by molar-refractivity contribution is -0.122. The van der Waals surface area contributed by atoms with Crippen molar-refractivity contribution in [2.75, 3.05) is 13.1 Å². The Balaban J connectivity index is 1.70.